The van der Waals surface area contributed by atoms with Gasteiger partial charge in [0, 0.05) is 12.8 Å². The fourth-order valence-electron chi connectivity index (χ4n) is 1.69. The third kappa shape index (κ3) is 4.14. The molecule has 0 radical (unpaired) electrons. The van der Waals surface area contributed by atoms with E-state index in [0.29, 0.717) is 23.7 Å². The van der Waals surface area contributed by atoms with Crippen LogP contribution in [-0.2, 0) is 9.59 Å². The SMILES string of the molecule is CC(C)(C)[Si](C)(C)C(=O)CCC(=O)[Si](C)(C)C(C)(C)C. The molecule has 0 saturated heterocycles. The zero-order valence-corrected chi connectivity index (χ0v) is 17.2. The molecule has 118 valence electrons. The van der Waals surface area contributed by atoms with Gasteiger partial charge >= 0.3 is 0 Å². The molecule has 0 saturated carbocycles. The normalized spacial score (nSPS) is 14.3. The molecule has 4 heteroatoms. The lowest BCUT2D eigenvalue weighted by Crippen LogP contribution is -2.48. The molecule has 0 atom stereocenters. The van der Waals surface area contributed by atoms with Crippen LogP contribution in [0.2, 0.25) is 36.3 Å². The van der Waals surface area contributed by atoms with Crippen LogP contribution < -0.4 is 0 Å². The molecule has 0 bridgehead atoms. The van der Waals surface area contributed by atoms with Crippen LogP contribution in [-0.4, -0.2) is 27.0 Å². The van der Waals surface area contributed by atoms with Crippen LogP contribution >= 0.6 is 0 Å². The van der Waals surface area contributed by atoms with E-state index in [1.807, 2.05) is 0 Å². The maximum Gasteiger partial charge on any atom is 0.132 e. The van der Waals surface area contributed by atoms with E-state index in [2.05, 4.69) is 67.7 Å². The van der Waals surface area contributed by atoms with E-state index in [0.717, 1.165) is 0 Å². The van der Waals surface area contributed by atoms with Gasteiger partial charge in [-0.15, -0.1) is 0 Å². The summed E-state index contributed by atoms with van der Waals surface area (Å²) >= 11 is 0. The molecule has 0 aromatic carbocycles. The fraction of sp³-hybridized carbons (Fsp3) is 0.875. The Kier molecular flexibility index (Phi) is 5.81. The highest BCUT2D eigenvalue weighted by Crippen LogP contribution is 2.39. The van der Waals surface area contributed by atoms with Crippen LogP contribution in [0.3, 0.4) is 0 Å². The first-order valence-electron chi connectivity index (χ1n) is 7.62. The summed E-state index contributed by atoms with van der Waals surface area (Å²) < 4.78 is 0. The Balaban J connectivity index is 4.83. The Hall–Kier alpha value is -0.226. The van der Waals surface area contributed by atoms with Gasteiger partial charge in [-0.1, -0.05) is 67.7 Å². The smallest absolute Gasteiger partial charge is 0.132 e. The summed E-state index contributed by atoms with van der Waals surface area (Å²) in [4.78, 5) is 25.0. The second-order valence-electron chi connectivity index (χ2n) is 9.10. The van der Waals surface area contributed by atoms with E-state index < -0.39 is 16.1 Å². The van der Waals surface area contributed by atoms with Gasteiger partial charge in [-0.05, 0) is 10.1 Å². The Morgan fingerprint density at radius 2 is 0.850 bits per heavy atom. The third-order valence-corrected chi connectivity index (χ3v) is 16.5. The van der Waals surface area contributed by atoms with Crippen LogP contribution in [0.4, 0.5) is 0 Å². The minimum Gasteiger partial charge on any atom is -0.305 e. The van der Waals surface area contributed by atoms with Gasteiger partial charge in [-0.25, -0.2) is 0 Å². The van der Waals surface area contributed by atoms with Gasteiger partial charge in [-0.2, -0.15) is 0 Å². The summed E-state index contributed by atoms with van der Waals surface area (Å²) in [6.07, 6.45) is 0.893. The maximum atomic E-state index is 12.5. The molecule has 2 nitrogen and oxygen atoms in total. The standard InChI is InChI=1S/C16H34O2Si2/c1-15(2,3)19(7,8)13(17)11-12-14(18)20(9,10)16(4,5)6/h11-12H2,1-10H3. The van der Waals surface area contributed by atoms with Crippen molar-refractivity contribution in [1.82, 2.24) is 0 Å². The lowest BCUT2D eigenvalue weighted by atomic mass is 10.2. The molecule has 20 heavy (non-hydrogen) atoms. The first-order chi connectivity index (χ1) is 8.55. The Morgan fingerprint density at radius 1 is 0.650 bits per heavy atom. The van der Waals surface area contributed by atoms with E-state index in [9.17, 15) is 9.59 Å². The largest absolute Gasteiger partial charge is 0.305 e. The molecular weight excluding hydrogens is 280 g/mol. The van der Waals surface area contributed by atoms with Gasteiger partial charge in [0.15, 0.2) is 0 Å². The molecule has 0 aliphatic heterocycles. The molecule has 0 spiro atoms. The lowest BCUT2D eigenvalue weighted by Gasteiger charge is -2.37. The van der Waals surface area contributed by atoms with Crippen molar-refractivity contribution in [2.24, 2.45) is 0 Å². The summed E-state index contributed by atoms with van der Waals surface area (Å²) in [6, 6.07) is 0. The minimum absolute atomic E-state index is 0.0596. The van der Waals surface area contributed by atoms with Crippen LogP contribution in [0, 0.1) is 0 Å². The highest BCUT2D eigenvalue weighted by atomic mass is 28.3. The van der Waals surface area contributed by atoms with Gasteiger partial charge in [0.2, 0.25) is 0 Å². The van der Waals surface area contributed by atoms with Crippen molar-refractivity contribution in [3.05, 3.63) is 0 Å². The second-order valence-corrected chi connectivity index (χ2v) is 19.7. The van der Waals surface area contributed by atoms with Gasteiger partial charge in [0.05, 0.1) is 0 Å². The van der Waals surface area contributed by atoms with E-state index in [1.54, 1.807) is 0 Å². The van der Waals surface area contributed by atoms with Crippen LogP contribution in [0.5, 0.6) is 0 Å². The average molecular weight is 315 g/mol. The number of hydrogen-bond acceptors (Lipinski definition) is 2. The lowest BCUT2D eigenvalue weighted by molar-refractivity contribution is -0.117. The fourth-order valence-corrected chi connectivity index (χ4v) is 4.86. The van der Waals surface area contributed by atoms with Gasteiger partial charge < -0.3 is 9.59 Å². The van der Waals surface area contributed by atoms with Crippen LogP contribution in [0.1, 0.15) is 54.4 Å². The number of carbonyl (C=O) groups is 2. The Bertz CT molecular complexity index is 344. The Morgan fingerprint density at radius 3 is 1.00 bits per heavy atom. The monoisotopic (exact) mass is 314 g/mol. The highest BCUT2D eigenvalue weighted by molar-refractivity contribution is 7.07. The summed E-state index contributed by atoms with van der Waals surface area (Å²) in [6.45, 7) is 21.4. The molecule has 0 aromatic rings. The predicted octanol–water partition coefficient (Wildman–Crippen LogP) is 5.00. The quantitative estimate of drug-likeness (QED) is 0.669. The van der Waals surface area contributed by atoms with Gasteiger partial charge in [-0.3, -0.25) is 0 Å². The van der Waals surface area contributed by atoms with Crippen molar-refractivity contribution in [2.75, 3.05) is 0 Å². The maximum absolute atomic E-state index is 12.5. The summed E-state index contributed by atoms with van der Waals surface area (Å²) in [7, 11) is -3.91. The predicted molar refractivity (Wildman–Crippen MR) is 93.6 cm³/mol. The molecular formula is C16H34O2Si2. The van der Waals surface area contributed by atoms with Crippen molar-refractivity contribution >= 4 is 27.0 Å². The minimum atomic E-state index is -1.96. The van der Waals surface area contributed by atoms with E-state index in [-0.39, 0.29) is 10.1 Å². The summed E-state index contributed by atoms with van der Waals surface area (Å²) in [5.41, 5.74) is 0. The third-order valence-electron chi connectivity index (χ3n) is 5.72. The van der Waals surface area contributed by atoms with Crippen molar-refractivity contribution in [3.63, 3.8) is 0 Å². The first kappa shape index (κ1) is 19.8. The van der Waals surface area contributed by atoms with Crippen molar-refractivity contribution in [2.45, 2.75) is 90.6 Å². The molecule has 0 aliphatic carbocycles. The van der Waals surface area contributed by atoms with Crippen molar-refractivity contribution in [1.29, 1.82) is 0 Å². The van der Waals surface area contributed by atoms with E-state index in [1.165, 1.54) is 0 Å². The molecule has 0 amide bonds. The van der Waals surface area contributed by atoms with Crippen LogP contribution in [0.25, 0.3) is 0 Å². The molecule has 0 aromatic heterocycles. The van der Waals surface area contributed by atoms with Crippen LogP contribution in [0.15, 0.2) is 0 Å². The molecule has 0 heterocycles. The molecule has 0 aliphatic rings. The molecule has 0 unspecified atom stereocenters. The number of rotatable bonds is 5. The second kappa shape index (κ2) is 5.87. The first-order valence-corrected chi connectivity index (χ1v) is 13.6. The topological polar surface area (TPSA) is 34.1 Å². The number of carbonyl (C=O) groups excluding carboxylic acids is 2. The van der Waals surface area contributed by atoms with E-state index in [4.69, 9.17) is 0 Å². The van der Waals surface area contributed by atoms with Gasteiger partial charge in [0.25, 0.3) is 0 Å². The van der Waals surface area contributed by atoms with E-state index >= 15 is 0 Å². The van der Waals surface area contributed by atoms with Crippen molar-refractivity contribution < 1.29 is 9.59 Å². The average Bonchev–Trinajstić information content (AvgIpc) is 2.21. The zero-order chi connectivity index (χ0) is 16.6. The van der Waals surface area contributed by atoms with Gasteiger partial charge in [0.1, 0.15) is 27.0 Å². The van der Waals surface area contributed by atoms with Crippen molar-refractivity contribution in [3.8, 4) is 0 Å². The summed E-state index contributed by atoms with van der Waals surface area (Å²) in [5, 5.41) is 0.808. The number of hydrogen-bond donors (Lipinski definition) is 0. The highest BCUT2D eigenvalue weighted by Gasteiger charge is 2.44. The Labute approximate surface area is 127 Å². The zero-order valence-electron chi connectivity index (χ0n) is 15.2. The molecule has 0 rings (SSSR count). The molecule has 0 N–H and O–H groups in total. The summed E-state index contributed by atoms with van der Waals surface area (Å²) in [5.74, 6) is 0. The molecule has 0 fully saturated rings.